The van der Waals surface area contributed by atoms with Crippen molar-refractivity contribution in [2.75, 3.05) is 17.8 Å². The van der Waals surface area contributed by atoms with Crippen LogP contribution >= 0.6 is 0 Å². The molecule has 0 N–H and O–H groups in total. The average molecular weight is 487 g/mol. The summed E-state index contributed by atoms with van der Waals surface area (Å²) in [5.74, 6) is -2.86. The fourth-order valence-corrected chi connectivity index (χ4v) is 7.26. The van der Waals surface area contributed by atoms with Crippen LogP contribution in [0.15, 0.2) is 0 Å². The first-order chi connectivity index (χ1) is 12.5. The minimum absolute atomic E-state index is 0.480. The first-order valence-electron chi connectivity index (χ1n) is 8.11. The Labute approximate surface area is 172 Å². The van der Waals surface area contributed by atoms with E-state index in [4.69, 9.17) is 14.2 Å². The van der Waals surface area contributed by atoms with Crippen LogP contribution in [0.1, 0.15) is 41.5 Å². The quantitative estimate of drug-likeness (QED) is 0.289. The van der Waals surface area contributed by atoms with Crippen molar-refractivity contribution in [3.63, 3.8) is 0 Å². The van der Waals surface area contributed by atoms with Crippen molar-refractivity contribution in [1.29, 1.82) is 0 Å². The third kappa shape index (κ3) is 15.0. The van der Waals surface area contributed by atoms with Gasteiger partial charge in [0.15, 0.2) is 17.8 Å². The number of hydrogen-bond donors (Lipinski definition) is 0. The Morgan fingerprint density at radius 3 is 0.929 bits per heavy atom. The molecule has 0 amide bonds. The number of ether oxygens (including phenoxy) is 3. The van der Waals surface area contributed by atoms with Crippen LogP contribution in [0.5, 0.6) is 0 Å². The Morgan fingerprint density at radius 2 is 0.750 bits per heavy atom. The summed E-state index contributed by atoms with van der Waals surface area (Å²) in [6, 6.07) is 0. The van der Waals surface area contributed by atoms with Crippen LogP contribution < -0.4 is 0 Å². The van der Waals surface area contributed by atoms with Gasteiger partial charge >= 0.3 is 15.1 Å². The van der Waals surface area contributed by atoms with Gasteiger partial charge < -0.3 is 23.9 Å². The molecule has 12 nitrogen and oxygen atoms in total. The second-order valence-corrected chi connectivity index (χ2v) is 13.2. The van der Waals surface area contributed by atoms with E-state index < -0.39 is 81.6 Å². The molecule has 0 bridgehead atoms. The van der Waals surface area contributed by atoms with E-state index in [-0.39, 0.29) is 0 Å². The monoisotopic (exact) mass is 486 g/mol. The third-order valence-electron chi connectivity index (χ3n) is 2.31. The van der Waals surface area contributed by atoms with Crippen LogP contribution in [0.3, 0.4) is 0 Å². The van der Waals surface area contributed by atoms with E-state index >= 15 is 0 Å². The summed E-state index contributed by atoms with van der Waals surface area (Å²) < 4.78 is 99.8. The van der Waals surface area contributed by atoms with Gasteiger partial charge in [-0.3, -0.25) is 0 Å². The molecule has 0 aromatic carbocycles. The van der Waals surface area contributed by atoms with Crippen LogP contribution in [-0.2, 0) is 54.3 Å². The zero-order chi connectivity index (χ0) is 22.2. The second kappa shape index (κ2) is 12.1. The van der Waals surface area contributed by atoms with E-state index in [0.717, 1.165) is 0 Å². The van der Waals surface area contributed by atoms with Crippen molar-refractivity contribution in [2.45, 2.75) is 59.9 Å². The molecular formula is C12H27AlO12S3. The van der Waals surface area contributed by atoms with Crippen molar-refractivity contribution < 1.29 is 49.2 Å². The lowest BCUT2D eigenvalue weighted by atomic mass is 10.5. The van der Waals surface area contributed by atoms with Crippen LogP contribution in [0.2, 0.25) is 0 Å². The van der Waals surface area contributed by atoms with Crippen molar-refractivity contribution in [1.82, 2.24) is 0 Å². The molecule has 0 aromatic heterocycles. The zero-order valence-electron chi connectivity index (χ0n) is 16.6. The fraction of sp³-hybridized carbons (Fsp3) is 1.00. The van der Waals surface area contributed by atoms with Crippen molar-refractivity contribution in [3.8, 4) is 0 Å². The second-order valence-electron chi connectivity index (χ2n) is 6.25. The minimum atomic E-state index is -4.50. The van der Waals surface area contributed by atoms with Gasteiger partial charge in [-0.2, -0.15) is 25.3 Å². The maximum Gasteiger partial charge on any atom is 0.951 e. The standard InChI is InChI=1S/3C4H10O4S.Al/c3*1-4(2)8-3-9(5,6)7;/h3*4H,3H2,1-2H3,(H,5,6,7);/q;;;+3/p-3. The molecule has 0 aliphatic heterocycles. The van der Waals surface area contributed by atoms with Crippen LogP contribution in [0.25, 0.3) is 0 Å². The highest BCUT2D eigenvalue weighted by Gasteiger charge is 2.46. The molecule has 0 rings (SSSR count). The lowest BCUT2D eigenvalue weighted by Gasteiger charge is -2.16. The Balaban J connectivity index is 5.36. The molecule has 0 spiro atoms. The maximum absolute atomic E-state index is 11.9. The van der Waals surface area contributed by atoms with E-state index in [9.17, 15) is 25.3 Å². The highest BCUT2D eigenvalue weighted by molar-refractivity contribution is 7.90. The Hall–Kier alpha value is 0.142. The highest BCUT2D eigenvalue weighted by atomic mass is 32.2. The van der Waals surface area contributed by atoms with Gasteiger partial charge in [0.1, 0.15) is 0 Å². The van der Waals surface area contributed by atoms with Crippen LogP contribution in [-0.4, -0.2) is 76.5 Å². The average Bonchev–Trinajstić information content (AvgIpc) is 2.48. The molecule has 0 saturated heterocycles. The molecule has 28 heavy (non-hydrogen) atoms. The summed E-state index contributed by atoms with van der Waals surface area (Å²) in [7, 11) is -13.5. The largest absolute Gasteiger partial charge is 0.951 e. The zero-order valence-corrected chi connectivity index (χ0v) is 20.2. The van der Waals surface area contributed by atoms with Gasteiger partial charge in [-0.15, -0.1) is 0 Å². The van der Waals surface area contributed by atoms with Crippen molar-refractivity contribution in [2.24, 2.45) is 0 Å². The SMILES string of the molecule is CC(C)OCS(=O)(=O)[O][Al]([O]S(=O)(=O)COC(C)C)[O]S(=O)(=O)COC(C)C. The van der Waals surface area contributed by atoms with E-state index in [1.54, 1.807) is 41.5 Å². The van der Waals surface area contributed by atoms with E-state index in [0.29, 0.717) is 0 Å². The molecule has 0 aliphatic carbocycles. The molecule has 0 aromatic rings. The van der Waals surface area contributed by atoms with E-state index in [1.807, 2.05) is 0 Å². The van der Waals surface area contributed by atoms with Gasteiger partial charge in [0.25, 0.3) is 30.4 Å². The topological polar surface area (TPSA) is 158 Å². The predicted molar refractivity (Wildman–Crippen MR) is 99.0 cm³/mol. The molecule has 0 radical (unpaired) electrons. The molecule has 0 fully saturated rings. The molecule has 168 valence electrons. The van der Waals surface area contributed by atoms with Gasteiger partial charge in [0.2, 0.25) is 0 Å². The Bertz CT molecular complexity index is 653. The smallest absolute Gasteiger partial charge is 0.360 e. The van der Waals surface area contributed by atoms with Crippen molar-refractivity contribution >= 4 is 45.5 Å². The molecular weight excluding hydrogens is 459 g/mol. The Morgan fingerprint density at radius 1 is 0.536 bits per heavy atom. The number of hydrogen-bond acceptors (Lipinski definition) is 12. The van der Waals surface area contributed by atoms with Gasteiger partial charge in [-0.1, -0.05) is 0 Å². The van der Waals surface area contributed by atoms with Gasteiger partial charge in [-0.05, 0) is 41.5 Å². The summed E-state index contributed by atoms with van der Waals surface area (Å²) in [6.45, 7) is 9.33. The predicted octanol–water partition coefficient (Wildman–Crippen LogP) is 0.158. The molecule has 0 unspecified atom stereocenters. The maximum atomic E-state index is 11.9. The molecule has 16 heteroatoms. The van der Waals surface area contributed by atoms with Crippen molar-refractivity contribution in [3.05, 3.63) is 0 Å². The molecule has 0 saturated carbocycles. The Kier molecular flexibility index (Phi) is 12.2. The fourth-order valence-electron chi connectivity index (χ4n) is 1.15. The molecule has 0 heterocycles. The molecule has 0 atom stereocenters. The van der Waals surface area contributed by atoms with Crippen LogP contribution in [0.4, 0.5) is 0 Å². The summed E-state index contributed by atoms with van der Waals surface area (Å²) in [6.07, 6.45) is -1.44. The van der Waals surface area contributed by atoms with E-state index in [2.05, 4.69) is 9.70 Å². The lowest BCUT2D eigenvalue weighted by molar-refractivity contribution is 0.105. The number of rotatable bonds is 15. The minimum Gasteiger partial charge on any atom is -0.360 e. The first kappa shape index (κ1) is 28.1. The van der Waals surface area contributed by atoms with Crippen LogP contribution in [0, 0.1) is 0 Å². The first-order valence-corrected chi connectivity index (χ1v) is 14.3. The summed E-state index contributed by atoms with van der Waals surface area (Å²) >= 11 is -4.30. The van der Waals surface area contributed by atoms with Gasteiger partial charge in [0, 0.05) is 0 Å². The summed E-state index contributed by atoms with van der Waals surface area (Å²) in [5.41, 5.74) is 0. The van der Waals surface area contributed by atoms with Gasteiger partial charge in [0.05, 0.1) is 18.3 Å². The third-order valence-corrected chi connectivity index (χ3v) is 8.99. The molecule has 0 aliphatic rings. The lowest BCUT2D eigenvalue weighted by Crippen LogP contribution is -2.38. The summed E-state index contributed by atoms with van der Waals surface area (Å²) in [5, 5.41) is 0. The van der Waals surface area contributed by atoms with E-state index in [1.165, 1.54) is 0 Å². The normalized spacial score (nSPS) is 13.6. The van der Waals surface area contributed by atoms with Gasteiger partial charge in [-0.25, -0.2) is 0 Å². The highest BCUT2D eigenvalue weighted by Crippen LogP contribution is 2.11. The summed E-state index contributed by atoms with van der Waals surface area (Å²) in [4.78, 5) is 0.